The van der Waals surface area contributed by atoms with E-state index in [-0.39, 0.29) is 5.97 Å². The maximum atomic E-state index is 11.1. The topological polar surface area (TPSA) is 45.7 Å². The van der Waals surface area contributed by atoms with Crippen LogP contribution in [0.2, 0.25) is 0 Å². The lowest BCUT2D eigenvalue weighted by molar-refractivity contribution is -0.141. The van der Waals surface area contributed by atoms with Gasteiger partial charge < -0.3 is 9.64 Å². The van der Waals surface area contributed by atoms with Crippen molar-refractivity contribution in [2.24, 2.45) is 0 Å². The van der Waals surface area contributed by atoms with Gasteiger partial charge in [-0.05, 0) is 6.92 Å². The number of aromatic nitrogens is 1. The molecule has 1 aromatic heterocycles. The largest absolute Gasteiger partial charge is 0.469 e. The molecule has 18 heavy (non-hydrogen) atoms. The maximum Gasteiger partial charge on any atom is 0.306 e. The first-order chi connectivity index (χ1) is 8.69. The summed E-state index contributed by atoms with van der Waals surface area (Å²) in [5, 5.41) is 3.19. The summed E-state index contributed by atoms with van der Waals surface area (Å²) in [6, 6.07) is 0. The number of anilines is 1. The minimum absolute atomic E-state index is 0.132. The molecule has 1 aromatic rings. The second kappa shape index (κ2) is 6.15. The van der Waals surface area contributed by atoms with E-state index in [4.69, 9.17) is 0 Å². The van der Waals surface area contributed by atoms with Crippen LogP contribution < -0.4 is 4.90 Å². The Morgan fingerprint density at radius 2 is 2.17 bits per heavy atom. The molecule has 0 aliphatic carbocycles. The SMILES string of the molecule is COC(=O)CCN1CCN(c2nc(C)cs2)CC1. The van der Waals surface area contributed by atoms with Gasteiger partial charge in [0.1, 0.15) is 0 Å². The fourth-order valence-electron chi connectivity index (χ4n) is 2.00. The minimum Gasteiger partial charge on any atom is -0.469 e. The molecule has 0 atom stereocenters. The number of carbonyl (C=O) groups excluding carboxylic acids is 1. The molecule has 1 fully saturated rings. The lowest BCUT2D eigenvalue weighted by Gasteiger charge is -2.34. The van der Waals surface area contributed by atoms with E-state index in [2.05, 4.69) is 24.9 Å². The van der Waals surface area contributed by atoms with E-state index < -0.39 is 0 Å². The lowest BCUT2D eigenvalue weighted by Crippen LogP contribution is -2.46. The second-order valence-corrected chi connectivity index (χ2v) is 5.26. The molecule has 0 saturated carbocycles. The summed E-state index contributed by atoms with van der Waals surface area (Å²) < 4.78 is 4.65. The van der Waals surface area contributed by atoms with Crippen molar-refractivity contribution in [2.45, 2.75) is 13.3 Å². The van der Waals surface area contributed by atoms with Crippen LogP contribution in [0.3, 0.4) is 0 Å². The van der Waals surface area contributed by atoms with E-state index in [9.17, 15) is 4.79 Å². The monoisotopic (exact) mass is 269 g/mol. The van der Waals surface area contributed by atoms with E-state index in [0.717, 1.165) is 43.5 Å². The van der Waals surface area contributed by atoms with Crippen molar-refractivity contribution in [3.8, 4) is 0 Å². The molecule has 0 N–H and O–H groups in total. The molecule has 2 heterocycles. The van der Waals surface area contributed by atoms with Crippen LogP contribution >= 0.6 is 11.3 Å². The van der Waals surface area contributed by atoms with Gasteiger partial charge >= 0.3 is 5.97 Å². The van der Waals surface area contributed by atoms with E-state index >= 15 is 0 Å². The van der Waals surface area contributed by atoms with Crippen molar-refractivity contribution in [3.05, 3.63) is 11.1 Å². The van der Waals surface area contributed by atoms with Crippen LogP contribution in [0.5, 0.6) is 0 Å². The lowest BCUT2D eigenvalue weighted by atomic mass is 10.3. The molecule has 0 radical (unpaired) electrons. The zero-order valence-electron chi connectivity index (χ0n) is 10.9. The first-order valence-corrected chi connectivity index (χ1v) is 7.03. The van der Waals surface area contributed by atoms with Crippen LogP contribution in [0.15, 0.2) is 5.38 Å². The molecule has 0 unspecified atom stereocenters. The number of hydrogen-bond donors (Lipinski definition) is 0. The third-order valence-corrected chi connectivity index (χ3v) is 4.13. The Bertz CT molecular complexity index is 400. The van der Waals surface area contributed by atoms with Gasteiger partial charge in [0, 0.05) is 38.1 Å². The highest BCUT2D eigenvalue weighted by Gasteiger charge is 2.19. The summed E-state index contributed by atoms with van der Waals surface area (Å²) in [4.78, 5) is 20.2. The molecule has 0 bridgehead atoms. The number of esters is 1. The molecular weight excluding hydrogens is 250 g/mol. The average Bonchev–Trinajstić information content (AvgIpc) is 2.83. The predicted molar refractivity (Wildman–Crippen MR) is 72.1 cm³/mol. The van der Waals surface area contributed by atoms with Crippen LogP contribution in [0, 0.1) is 6.92 Å². The van der Waals surface area contributed by atoms with Gasteiger partial charge in [-0.2, -0.15) is 0 Å². The Labute approximate surface area is 111 Å². The average molecular weight is 269 g/mol. The second-order valence-electron chi connectivity index (χ2n) is 4.43. The Balaban J connectivity index is 1.76. The Hall–Kier alpha value is -1.14. The number of carbonyl (C=O) groups is 1. The molecule has 1 aliphatic rings. The van der Waals surface area contributed by atoms with Gasteiger partial charge in [0.25, 0.3) is 0 Å². The van der Waals surface area contributed by atoms with Crippen LogP contribution in [0.25, 0.3) is 0 Å². The van der Waals surface area contributed by atoms with E-state index in [1.165, 1.54) is 7.11 Å². The number of piperazine rings is 1. The number of ether oxygens (including phenoxy) is 1. The van der Waals surface area contributed by atoms with Crippen molar-refractivity contribution in [1.82, 2.24) is 9.88 Å². The normalized spacial score (nSPS) is 16.9. The van der Waals surface area contributed by atoms with Crippen molar-refractivity contribution >= 4 is 22.4 Å². The number of methoxy groups -OCH3 is 1. The third-order valence-electron chi connectivity index (χ3n) is 3.11. The van der Waals surface area contributed by atoms with Crippen LogP contribution in [-0.2, 0) is 9.53 Å². The van der Waals surface area contributed by atoms with E-state index in [1.807, 2.05) is 6.92 Å². The van der Waals surface area contributed by atoms with Crippen LogP contribution in [0.1, 0.15) is 12.1 Å². The van der Waals surface area contributed by atoms with Gasteiger partial charge in [0.05, 0.1) is 19.2 Å². The van der Waals surface area contributed by atoms with Crippen molar-refractivity contribution in [2.75, 3.05) is 44.7 Å². The highest BCUT2D eigenvalue weighted by atomic mass is 32.1. The smallest absolute Gasteiger partial charge is 0.306 e. The van der Waals surface area contributed by atoms with Gasteiger partial charge in [-0.3, -0.25) is 9.69 Å². The van der Waals surface area contributed by atoms with Gasteiger partial charge in [0.2, 0.25) is 0 Å². The maximum absolute atomic E-state index is 11.1. The highest BCUT2D eigenvalue weighted by Crippen LogP contribution is 2.21. The van der Waals surface area contributed by atoms with Crippen LogP contribution in [-0.4, -0.2) is 55.7 Å². The van der Waals surface area contributed by atoms with E-state index in [0.29, 0.717) is 6.42 Å². The quantitative estimate of drug-likeness (QED) is 0.767. The number of nitrogens with zero attached hydrogens (tertiary/aromatic N) is 3. The Kier molecular flexibility index (Phi) is 4.54. The molecule has 0 amide bonds. The Morgan fingerprint density at radius 1 is 1.44 bits per heavy atom. The fourth-order valence-corrected chi connectivity index (χ4v) is 2.86. The molecular formula is C12H19N3O2S. The zero-order chi connectivity index (χ0) is 13.0. The van der Waals surface area contributed by atoms with Crippen molar-refractivity contribution < 1.29 is 9.53 Å². The van der Waals surface area contributed by atoms with Gasteiger partial charge in [-0.1, -0.05) is 0 Å². The summed E-state index contributed by atoms with van der Waals surface area (Å²) in [5.41, 5.74) is 1.09. The van der Waals surface area contributed by atoms with Crippen LogP contribution in [0.4, 0.5) is 5.13 Å². The third kappa shape index (κ3) is 3.43. The summed E-state index contributed by atoms with van der Waals surface area (Å²) in [5.74, 6) is -0.132. The summed E-state index contributed by atoms with van der Waals surface area (Å²) in [6.07, 6.45) is 0.479. The van der Waals surface area contributed by atoms with Gasteiger partial charge in [0.15, 0.2) is 5.13 Å². The molecule has 0 spiro atoms. The standard InChI is InChI=1S/C12H19N3O2S/c1-10-9-18-12(13-10)15-7-5-14(6-8-15)4-3-11(16)17-2/h9H,3-8H2,1-2H3. The first-order valence-electron chi connectivity index (χ1n) is 6.15. The zero-order valence-corrected chi connectivity index (χ0v) is 11.7. The molecule has 6 heteroatoms. The molecule has 1 saturated heterocycles. The number of thiazole rings is 1. The van der Waals surface area contributed by atoms with Gasteiger partial charge in [-0.25, -0.2) is 4.98 Å². The predicted octanol–water partition coefficient (Wildman–Crippen LogP) is 1.14. The number of hydrogen-bond acceptors (Lipinski definition) is 6. The summed E-state index contributed by atoms with van der Waals surface area (Å²) in [6.45, 7) is 6.73. The summed E-state index contributed by atoms with van der Waals surface area (Å²) >= 11 is 1.70. The number of rotatable bonds is 4. The molecule has 100 valence electrons. The molecule has 2 rings (SSSR count). The Morgan fingerprint density at radius 3 is 2.72 bits per heavy atom. The van der Waals surface area contributed by atoms with E-state index in [1.54, 1.807) is 11.3 Å². The first kappa shape index (κ1) is 13.3. The fraction of sp³-hybridized carbons (Fsp3) is 0.667. The molecule has 0 aromatic carbocycles. The summed E-state index contributed by atoms with van der Waals surface area (Å²) in [7, 11) is 1.44. The molecule has 5 nitrogen and oxygen atoms in total. The highest BCUT2D eigenvalue weighted by molar-refractivity contribution is 7.13. The minimum atomic E-state index is -0.132. The van der Waals surface area contributed by atoms with Crippen molar-refractivity contribution in [1.29, 1.82) is 0 Å². The van der Waals surface area contributed by atoms with Gasteiger partial charge in [-0.15, -0.1) is 11.3 Å². The van der Waals surface area contributed by atoms with Crippen molar-refractivity contribution in [3.63, 3.8) is 0 Å². The molecule has 1 aliphatic heterocycles. The number of aryl methyl sites for hydroxylation is 1.